The van der Waals surface area contributed by atoms with Gasteiger partial charge in [0.2, 0.25) is 0 Å². The van der Waals surface area contributed by atoms with Crippen LogP contribution >= 0.6 is 12.6 Å². The van der Waals surface area contributed by atoms with Gasteiger partial charge in [-0.3, -0.25) is 4.79 Å². The molecule has 12 heavy (non-hydrogen) atoms. The molecule has 0 N–H and O–H groups in total. The summed E-state index contributed by atoms with van der Waals surface area (Å²) in [6.07, 6.45) is 0.792. The molecule has 0 saturated heterocycles. The predicted octanol–water partition coefficient (Wildman–Crippen LogP) is 2.14. The van der Waals surface area contributed by atoms with Gasteiger partial charge < -0.3 is 4.74 Å². The first-order chi connectivity index (χ1) is 5.57. The molecular formula is C9H18O2S. The molecule has 72 valence electrons. The van der Waals surface area contributed by atoms with Crippen LogP contribution in [0.5, 0.6) is 0 Å². The standard InChI is InChI=1S/C9H18O2S/c1-7(2)6-11-9(10)8(3)4-5-12/h7-8,12H,4-6H2,1-3H3. The van der Waals surface area contributed by atoms with E-state index in [2.05, 4.69) is 12.6 Å². The fraction of sp³-hybridized carbons (Fsp3) is 0.889. The van der Waals surface area contributed by atoms with E-state index in [1.54, 1.807) is 0 Å². The van der Waals surface area contributed by atoms with E-state index in [4.69, 9.17) is 4.74 Å². The number of carbonyl (C=O) groups excluding carboxylic acids is 1. The average Bonchev–Trinajstić information content (AvgIpc) is 2.00. The summed E-state index contributed by atoms with van der Waals surface area (Å²) < 4.78 is 5.04. The van der Waals surface area contributed by atoms with Gasteiger partial charge in [0.1, 0.15) is 0 Å². The molecule has 0 saturated carbocycles. The Kier molecular flexibility index (Phi) is 6.25. The van der Waals surface area contributed by atoms with Crippen LogP contribution in [-0.4, -0.2) is 18.3 Å². The van der Waals surface area contributed by atoms with E-state index in [9.17, 15) is 4.79 Å². The van der Waals surface area contributed by atoms with Crippen LogP contribution in [0.4, 0.5) is 0 Å². The topological polar surface area (TPSA) is 26.3 Å². The van der Waals surface area contributed by atoms with E-state index in [1.807, 2.05) is 20.8 Å². The summed E-state index contributed by atoms with van der Waals surface area (Å²) in [6, 6.07) is 0. The molecule has 0 aromatic heterocycles. The van der Waals surface area contributed by atoms with Gasteiger partial charge in [-0.05, 0) is 18.1 Å². The number of ether oxygens (including phenoxy) is 1. The number of hydrogen-bond donors (Lipinski definition) is 1. The molecule has 0 aliphatic rings. The Morgan fingerprint density at radius 3 is 2.42 bits per heavy atom. The third-order valence-corrected chi connectivity index (χ3v) is 1.78. The maximum Gasteiger partial charge on any atom is 0.308 e. The van der Waals surface area contributed by atoms with Crippen molar-refractivity contribution in [2.45, 2.75) is 27.2 Å². The molecule has 0 aliphatic carbocycles. The second kappa shape index (κ2) is 6.35. The van der Waals surface area contributed by atoms with Crippen LogP contribution in [-0.2, 0) is 9.53 Å². The Labute approximate surface area is 80.1 Å². The summed E-state index contributed by atoms with van der Waals surface area (Å²) in [5, 5.41) is 0. The van der Waals surface area contributed by atoms with E-state index in [-0.39, 0.29) is 11.9 Å². The minimum atomic E-state index is -0.0993. The Balaban J connectivity index is 3.57. The zero-order chi connectivity index (χ0) is 9.56. The van der Waals surface area contributed by atoms with Crippen LogP contribution in [0.25, 0.3) is 0 Å². The van der Waals surface area contributed by atoms with Crippen molar-refractivity contribution in [3.63, 3.8) is 0 Å². The zero-order valence-corrected chi connectivity index (χ0v) is 8.93. The lowest BCUT2D eigenvalue weighted by Gasteiger charge is -2.11. The molecule has 0 fully saturated rings. The van der Waals surface area contributed by atoms with Gasteiger partial charge in [0.05, 0.1) is 12.5 Å². The lowest BCUT2D eigenvalue weighted by molar-refractivity contribution is -0.149. The first-order valence-electron chi connectivity index (χ1n) is 4.35. The van der Waals surface area contributed by atoms with Crippen molar-refractivity contribution in [2.24, 2.45) is 11.8 Å². The van der Waals surface area contributed by atoms with E-state index >= 15 is 0 Å². The normalized spacial score (nSPS) is 13.1. The van der Waals surface area contributed by atoms with E-state index in [0.29, 0.717) is 12.5 Å². The van der Waals surface area contributed by atoms with Gasteiger partial charge in [-0.1, -0.05) is 20.8 Å². The molecule has 1 atom stereocenters. The summed E-state index contributed by atoms with van der Waals surface area (Å²) >= 11 is 4.06. The second-order valence-electron chi connectivity index (χ2n) is 3.44. The maximum atomic E-state index is 11.2. The molecule has 0 aromatic rings. The van der Waals surface area contributed by atoms with Crippen molar-refractivity contribution in [2.75, 3.05) is 12.4 Å². The molecule has 3 heteroatoms. The molecule has 1 unspecified atom stereocenters. The number of esters is 1. The van der Waals surface area contributed by atoms with Crippen molar-refractivity contribution in [1.82, 2.24) is 0 Å². The maximum absolute atomic E-state index is 11.2. The van der Waals surface area contributed by atoms with Gasteiger partial charge in [0.15, 0.2) is 0 Å². The van der Waals surface area contributed by atoms with E-state index in [1.165, 1.54) is 0 Å². The molecule has 2 nitrogen and oxygen atoms in total. The van der Waals surface area contributed by atoms with Crippen LogP contribution in [0, 0.1) is 11.8 Å². The van der Waals surface area contributed by atoms with Gasteiger partial charge in [-0.15, -0.1) is 0 Å². The highest BCUT2D eigenvalue weighted by molar-refractivity contribution is 7.80. The first kappa shape index (κ1) is 11.8. The molecule has 0 amide bonds. The van der Waals surface area contributed by atoms with E-state index < -0.39 is 0 Å². The minimum absolute atomic E-state index is 0.0127. The lowest BCUT2D eigenvalue weighted by Crippen LogP contribution is -2.17. The number of rotatable bonds is 5. The molecule has 0 bridgehead atoms. The SMILES string of the molecule is CC(C)COC(=O)C(C)CCS. The molecular weight excluding hydrogens is 172 g/mol. The fourth-order valence-electron chi connectivity index (χ4n) is 0.703. The summed E-state index contributed by atoms with van der Waals surface area (Å²) in [4.78, 5) is 11.2. The third-order valence-electron chi connectivity index (χ3n) is 1.52. The molecule has 0 aromatic carbocycles. The lowest BCUT2D eigenvalue weighted by atomic mass is 10.1. The van der Waals surface area contributed by atoms with Crippen LogP contribution in [0.15, 0.2) is 0 Å². The van der Waals surface area contributed by atoms with Gasteiger partial charge in [0.25, 0.3) is 0 Å². The molecule has 0 heterocycles. The van der Waals surface area contributed by atoms with Crippen LogP contribution in [0.2, 0.25) is 0 Å². The zero-order valence-electron chi connectivity index (χ0n) is 8.04. The van der Waals surface area contributed by atoms with Crippen molar-refractivity contribution in [1.29, 1.82) is 0 Å². The molecule has 0 radical (unpaired) electrons. The monoisotopic (exact) mass is 190 g/mol. The van der Waals surface area contributed by atoms with Crippen molar-refractivity contribution < 1.29 is 9.53 Å². The Bertz CT molecular complexity index is 134. The van der Waals surface area contributed by atoms with Gasteiger partial charge in [0, 0.05) is 0 Å². The smallest absolute Gasteiger partial charge is 0.308 e. The van der Waals surface area contributed by atoms with Crippen molar-refractivity contribution >= 4 is 18.6 Å². The summed E-state index contributed by atoms with van der Waals surface area (Å²) in [5.74, 6) is 1.04. The highest BCUT2D eigenvalue weighted by Crippen LogP contribution is 2.06. The quantitative estimate of drug-likeness (QED) is 0.531. The highest BCUT2D eigenvalue weighted by atomic mass is 32.1. The van der Waals surface area contributed by atoms with E-state index in [0.717, 1.165) is 12.2 Å². The highest BCUT2D eigenvalue weighted by Gasteiger charge is 2.13. The molecule has 0 aliphatic heterocycles. The van der Waals surface area contributed by atoms with Crippen LogP contribution in [0.1, 0.15) is 27.2 Å². The Morgan fingerprint density at radius 1 is 1.42 bits per heavy atom. The van der Waals surface area contributed by atoms with Crippen molar-refractivity contribution in [3.05, 3.63) is 0 Å². The van der Waals surface area contributed by atoms with Crippen LogP contribution in [0.3, 0.4) is 0 Å². The minimum Gasteiger partial charge on any atom is -0.465 e. The number of carbonyl (C=O) groups is 1. The third kappa shape index (κ3) is 5.47. The largest absolute Gasteiger partial charge is 0.465 e. The number of hydrogen-bond acceptors (Lipinski definition) is 3. The molecule has 0 spiro atoms. The summed E-state index contributed by atoms with van der Waals surface area (Å²) in [5.41, 5.74) is 0. The second-order valence-corrected chi connectivity index (χ2v) is 3.88. The van der Waals surface area contributed by atoms with Gasteiger partial charge in [-0.25, -0.2) is 0 Å². The number of thiol groups is 1. The first-order valence-corrected chi connectivity index (χ1v) is 4.98. The summed E-state index contributed by atoms with van der Waals surface area (Å²) in [7, 11) is 0. The van der Waals surface area contributed by atoms with Crippen molar-refractivity contribution in [3.8, 4) is 0 Å². The van der Waals surface area contributed by atoms with Gasteiger partial charge >= 0.3 is 5.97 Å². The summed E-state index contributed by atoms with van der Waals surface area (Å²) in [6.45, 7) is 6.45. The van der Waals surface area contributed by atoms with Crippen LogP contribution < -0.4 is 0 Å². The predicted molar refractivity (Wildman–Crippen MR) is 53.4 cm³/mol. The Hall–Kier alpha value is -0.180. The van der Waals surface area contributed by atoms with Gasteiger partial charge in [-0.2, -0.15) is 12.6 Å². The molecule has 0 rings (SSSR count). The average molecular weight is 190 g/mol. The fourth-order valence-corrected chi connectivity index (χ4v) is 1.09. The Morgan fingerprint density at radius 2 is 2.00 bits per heavy atom.